The molecule has 6 heteroatoms. The number of Topliss-reactive ketones (excluding diaryl/α,β-unsaturated/α-hetero) is 1. The van der Waals surface area contributed by atoms with Crippen molar-refractivity contribution in [2.45, 2.75) is 65.2 Å². The van der Waals surface area contributed by atoms with E-state index in [1.54, 1.807) is 0 Å². The molecule has 0 atom stereocenters. The zero-order valence-electron chi connectivity index (χ0n) is 13.3. The van der Waals surface area contributed by atoms with Gasteiger partial charge in [-0.15, -0.1) is 0 Å². The first-order valence-electron chi connectivity index (χ1n) is 7.84. The summed E-state index contributed by atoms with van der Waals surface area (Å²) in [6, 6.07) is 0. The van der Waals surface area contributed by atoms with Gasteiger partial charge in [0.05, 0.1) is 12.3 Å². The van der Waals surface area contributed by atoms with E-state index in [1.807, 2.05) is 0 Å². The van der Waals surface area contributed by atoms with E-state index in [4.69, 9.17) is 0 Å². The summed E-state index contributed by atoms with van der Waals surface area (Å²) >= 11 is 0. The van der Waals surface area contributed by atoms with Crippen LogP contribution in [0.1, 0.15) is 65.2 Å². The van der Waals surface area contributed by atoms with Gasteiger partial charge in [-0.1, -0.05) is 51.9 Å². The Bertz CT molecular complexity index is 404. The van der Waals surface area contributed by atoms with Gasteiger partial charge < -0.3 is 5.32 Å². The third-order valence-electron chi connectivity index (χ3n) is 3.19. The van der Waals surface area contributed by atoms with E-state index in [-0.39, 0.29) is 18.1 Å². The van der Waals surface area contributed by atoms with Crippen LogP contribution in [-0.4, -0.2) is 38.2 Å². The van der Waals surface area contributed by atoms with Gasteiger partial charge in [-0.3, -0.25) is 9.59 Å². The van der Waals surface area contributed by atoms with Crippen LogP contribution in [0.3, 0.4) is 0 Å². The van der Waals surface area contributed by atoms with E-state index in [9.17, 15) is 18.0 Å². The highest BCUT2D eigenvalue weighted by atomic mass is 32.2. The second kappa shape index (κ2) is 11.7. The average Bonchev–Trinajstić information content (AvgIpc) is 2.39. The van der Waals surface area contributed by atoms with E-state index >= 15 is 0 Å². The topological polar surface area (TPSA) is 80.3 Å². The molecule has 0 saturated carbocycles. The lowest BCUT2D eigenvalue weighted by molar-refractivity contribution is -0.122. The van der Waals surface area contributed by atoms with E-state index in [0.717, 1.165) is 19.3 Å². The fourth-order valence-corrected chi connectivity index (χ4v) is 3.29. The maximum absolute atomic E-state index is 11.7. The number of rotatable bonds is 13. The first kappa shape index (κ1) is 20.1. The average molecular weight is 319 g/mol. The summed E-state index contributed by atoms with van der Waals surface area (Å²) in [5, 5.41) is 2.30. The minimum Gasteiger partial charge on any atom is -0.348 e. The molecule has 0 rings (SSSR count). The standard InChI is InChI=1S/C15H29NO4S/c1-3-4-5-6-7-8-9-10-11-21(19,20)13-15(18)16-12-14(2)17/h3-13H2,1-2H3,(H,16,18). The maximum Gasteiger partial charge on any atom is 0.235 e. The molecule has 0 aliphatic carbocycles. The number of hydrogen-bond acceptors (Lipinski definition) is 4. The Morgan fingerprint density at radius 3 is 1.95 bits per heavy atom. The van der Waals surface area contributed by atoms with E-state index in [1.165, 1.54) is 32.6 Å². The molecule has 0 spiro atoms. The normalized spacial score (nSPS) is 11.3. The largest absolute Gasteiger partial charge is 0.348 e. The van der Waals surface area contributed by atoms with Crippen LogP contribution in [0, 0.1) is 0 Å². The van der Waals surface area contributed by atoms with Gasteiger partial charge in [-0.25, -0.2) is 8.42 Å². The smallest absolute Gasteiger partial charge is 0.235 e. The van der Waals surface area contributed by atoms with Gasteiger partial charge in [0.2, 0.25) is 5.91 Å². The lowest BCUT2D eigenvalue weighted by atomic mass is 10.1. The summed E-state index contributed by atoms with van der Waals surface area (Å²) in [6.07, 6.45) is 8.66. The van der Waals surface area contributed by atoms with Crippen LogP contribution in [0.4, 0.5) is 0 Å². The maximum atomic E-state index is 11.7. The molecular formula is C15H29NO4S. The van der Waals surface area contributed by atoms with Gasteiger partial charge in [0.1, 0.15) is 11.5 Å². The molecule has 0 saturated heterocycles. The first-order chi connectivity index (χ1) is 9.87. The third-order valence-corrected chi connectivity index (χ3v) is 4.81. The fourth-order valence-electron chi connectivity index (χ4n) is 2.00. The van der Waals surface area contributed by atoms with Crippen molar-refractivity contribution in [3.8, 4) is 0 Å². The number of sulfone groups is 1. The Kier molecular flexibility index (Phi) is 11.2. The van der Waals surface area contributed by atoms with E-state index < -0.39 is 21.5 Å². The molecular weight excluding hydrogens is 290 g/mol. The first-order valence-corrected chi connectivity index (χ1v) is 9.66. The zero-order valence-corrected chi connectivity index (χ0v) is 14.1. The lowest BCUT2D eigenvalue weighted by Gasteiger charge is -2.05. The molecule has 0 heterocycles. The molecule has 5 nitrogen and oxygen atoms in total. The third kappa shape index (κ3) is 13.8. The molecule has 0 bridgehead atoms. The summed E-state index contributed by atoms with van der Waals surface area (Å²) in [5.74, 6) is -1.25. The van der Waals surface area contributed by atoms with E-state index in [2.05, 4.69) is 12.2 Å². The minimum absolute atomic E-state index is 0.0510. The van der Waals surface area contributed by atoms with Crippen LogP contribution in [-0.2, 0) is 19.4 Å². The number of amides is 1. The molecule has 0 aromatic carbocycles. The van der Waals surface area contributed by atoms with Crippen molar-refractivity contribution < 1.29 is 18.0 Å². The fraction of sp³-hybridized carbons (Fsp3) is 0.867. The SMILES string of the molecule is CCCCCCCCCCS(=O)(=O)CC(=O)NCC(C)=O. The van der Waals surface area contributed by atoms with Gasteiger partial charge in [-0.05, 0) is 13.3 Å². The van der Waals surface area contributed by atoms with Crippen LogP contribution in [0.2, 0.25) is 0 Å². The monoisotopic (exact) mass is 319 g/mol. The molecule has 124 valence electrons. The molecule has 0 aliphatic heterocycles. The number of carbonyl (C=O) groups is 2. The van der Waals surface area contributed by atoms with Crippen LogP contribution in [0.5, 0.6) is 0 Å². The molecule has 1 amide bonds. The summed E-state index contributed by atoms with van der Waals surface area (Å²) < 4.78 is 23.4. The van der Waals surface area contributed by atoms with Crippen molar-refractivity contribution in [1.29, 1.82) is 0 Å². The summed E-state index contributed by atoms with van der Waals surface area (Å²) in [5.41, 5.74) is 0. The predicted molar refractivity (Wildman–Crippen MR) is 85.0 cm³/mol. The number of ketones is 1. The predicted octanol–water partition coefficient (Wildman–Crippen LogP) is 2.25. The van der Waals surface area contributed by atoms with Crippen molar-refractivity contribution >= 4 is 21.5 Å². The molecule has 0 fully saturated rings. The highest BCUT2D eigenvalue weighted by Crippen LogP contribution is 2.09. The second-order valence-electron chi connectivity index (χ2n) is 5.55. The Labute approximate surface area is 128 Å². The van der Waals surface area contributed by atoms with E-state index in [0.29, 0.717) is 6.42 Å². The van der Waals surface area contributed by atoms with Crippen molar-refractivity contribution in [3.05, 3.63) is 0 Å². The highest BCUT2D eigenvalue weighted by molar-refractivity contribution is 7.92. The van der Waals surface area contributed by atoms with Crippen molar-refractivity contribution in [1.82, 2.24) is 5.32 Å². The molecule has 21 heavy (non-hydrogen) atoms. The zero-order chi connectivity index (χ0) is 16.1. The van der Waals surface area contributed by atoms with Crippen LogP contribution < -0.4 is 5.32 Å². The second-order valence-corrected chi connectivity index (χ2v) is 7.73. The molecule has 0 aromatic heterocycles. The van der Waals surface area contributed by atoms with Gasteiger partial charge in [0, 0.05) is 0 Å². The van der Waals surface area contributed by atoms with Crippen LogP contribution >= 0.6 is 0 Å². The lowest BCUT2D eigenvalue weighted by Crippen LogP contribution is -2.34. The van der Waals surface area contributed by atoms with Gasteiger partial charge in [0.15, 0.2) is 9.84 Å². The molecule has 0 aliphatic rings. The highest BCUT2D eigenvalue weighted by Gasteiger charge is 2.16. The van der Waals surface area contributed by atoms with Crippen molar-refractivity contribution in [2.24, 2.45) is 0 Å². The molecule has 0 unspecified atom stereocenters. The Morgan fingerprint density at radius 2 is 1.43 bits per heavy atom. The number of unbranched alkanes of at least 4 members (excludes halogenated alkanes) is 7. The van der Waals surface area contributed by atoms with Crippen molar-refractivity contribution in [2.75, 3.05) is 18.1 Å². The minimum atomic E-state index is -3.35. The quantitative estimate of drug-likeness (QED) is 0.528. The number of carbonyl (C=O) groups excluding carboxylic acids is 2. The summed E-state index contributed by atoms with van der Waals surface area (Å²) in [7, 11) is -3.35. The van der Waals surface area contributed by atoms with Gasteiger partial charge in [-0.2, -0.15) is 0 Å². The molecule has 1 N–H and O–H groups in total. The molecule has 0 radical (unpaired) electrons. The van der Waals surface area contributed by atoms with Crippen LogP contribution in [0.15, 0.2) is 0 Å². The number of hydrogen-bond donors (Lipinski definition) is 1. The molecule has 0 aromatic rings. The Hall–Kier alpha value is -0.910. The van der Waals surface area contributed by atoms with Crippen LogP contribution in [0.25, 0.3) is 0 Å². The summed E-state index contributed by atoms with van der Waals surface area (Å²) in [6.45, 7) is 3.42. The van der Waals surface area contributed by atoms with Gasteiger partial charge >= 0.3 is 0 Å². The summed E-state index contributed by atoms with van der Waals surface area (Å²) in [4.78, 5) is 22.0. The number of nitrogens with one attached hydrogen (secondary N) is 1. The van der Waals surface area contributed by atoms with Gasteiger partial charge in [0.25, 0.3) is 0 Å². The Morgan fingerprint density at radius 1 is 0.905 bits per heavy atom. The van der Waals surface area contributed by atoms with Crippen molar-refractivity contribution in [3.63, 3.8) is 0 Å². The Balaban J connectivity index is 3.68.